The summed E-state index contributed by atoms with van der Waals surface area (Å²) in [7, 11) is 0. The Morgan fingerprint density at radius 2 is 0.133 bits per heavy atom. The molecule has 0 aliphatic carbocycles. The average Bonchev–Trinajstić information content (AvgIpc) is 0.642. The Morgan fingerprint density at radius 1 is 0.0857 bits per heavy atom. The quantitative estimate of drug-likeness (QED) is 0.141. The van der Waals surface area contributed by atoms with Crippen molar-refractivity contribution < 1.29 is 263 Å². The fraction of sp³-hybridized carbons (Fsp3) is 0.455. The van der Waals surface area contributed by atoms with Crippen molar-refractivity contribution in [2.75, 3.05) is 0 Å². The highest BCUT2D eigenvalue weighted by Crippen LogP contribution is 2.64. The lowest BCUT2D eigenvalue weighted by molar-refractivity contribution is -0.188. The number of benzene rings is 4. The molecule has 0 aromatic heterocycles. The number of hydrogen-bond donors (Lipinski definition) is 0. The van der Waals surface area contributed by atoms with Crippen LogP contribution in [0.1, 0.15) is 111 Å². The molecule has 0 amide bonds. The lowest BCUT2D eigenvalue weighted by Gasteiger charge is -2.55. The Morgan fingerprint density at radius 3 is 0.181 bits per heavy atom. The molecule has 0 radical (unpaired) electrons. The fourth-order valence-corrected chi connectivity index (χ4v) is 11.4. The van der Waals surface area contributed by atoms with Gasteiger partial charge in [0.1, 0.15) is 6.15 Å². The highest BCUT2D eigenvalue weighted by molar-refractivity contribution is 7.21. The van der Waals surface area contributed by atoms with E-state index in [1.807, 2.05) is 0 Å². The molecule has 0 saturated heterocycles. The molecular weight excluding hydrogens is 1680 g/mol. The highest BCUT2D eigenvalue weighted by Gasteiger charge is 2.73. The van der Waals surface area contributed by atoms with Gasteiger partial charge in [0.25, 0.3) is 0 Å². The van der Waals surface area contributed by atoms with Gasteiger partial charge in [-0.25, -0.2) is 0 Å². The maximum atomic E-state index is 16.4. The molecule has 0 aliphatic rings. The molecule has 0 fully saturated rings. The van der Waals surface area contributed by atoms with E-state index in [2.05, 4.69) is 0 Å². The lowest BCUT2D eigenvalue weighted by atomic mass is 9.09. The highest BCUT2D eigenvalue weighted by atomic mass is 19.5. The van der Waals surface area contributed by atoms with Crippen LogP contribution in [0.2, 0.25) is 0 Å². The molecule has 0 N–H and O–H groups in total. The summed E-state index contributed by atoms with van der Waals surface area (Å²) in [5.41, 5.74) is -187. The Bertz CT molecular complexity index is 3280. The third-order valence-corrected chi connectivity index (χ3v) is 13.6. The van der Waals surface area contributed by atoms with Gasteiger partial charge in [0.15, 0.2) is 0 Å². The number of alkyl halides is 60. The molecule has 600 valence electrons. The molecule has 0 saturated carbocycles. The van der Waals surface area contributed by atoms with E-state index in [0.717, 1.165) is 0 Å². The zero-order chi connectivity index (χ0) is 84.4. The Balaban J connectivity index is 4.06. The van der Waals surface area contributed by atoms with Crippen molar-refractivity contribution in [3.8, 4) is 0 Å². The minimum absolute atomic E-state index is 7.00. The first-order valence-corrected chi connectivity index (χ1v) is 23.5. The summed E-state index contributed by atoms with van der Waals surface area (Å²) in [4.78, 5) is 0. The Hall–Kier alpha value is -7.26. The van der Waals surface area contributed by atoms with E-state index in [4.69, 9.17) is 0 Å². The number of halogens is 60. The molecule has 0 heterocycles. The molecule has 0 unspecified atom stereocenters. The normalized spacial score (nSPS) is 15.4. The van der Waals surface area contributed by atoms with E-state index in [9.17, 15) is 0 Å². The molecule has 0 bridgehead atoms. The van der Waals surface area contributed by atoms with Gasteiger partial charge in [-0.2, -0.15) is 285 Å². The maximum absolute atomic E-state index is 16.4. The Labute approximate surface area is 526 Å². The molecule has 0 spiro atoms. The molecule has 61 heteroatoms. The number of hydrogen-bond acceptors (Lipinski definition) is 0. The third-order valence-electron chi connectivity index (χ3n) is 13.6. The van der Waals surface area contributed by atoms with Gasteiger partial charge in [0.05, 0.1) is 66.8 Å². The van der Waals surface area contributed by atoms with Crippen LogP contribution in [0.4, 0.5) is 263 Å². The molecule has 4 rings (SSSR count). The molecule has 0 nitrogen and oxygen atoms in total. The molecule has 4 aromatic rings. The smallest absolute Gasteiger partial charge is 0.170 e. The van der Waals surface area contributed by atoms with Gasteiger partial charge < -0.3 is 0 Å². The first-order chi connectivity index (χ1) is 44.9. The van der Waals surface area contributed by atoms with E-state index in [0.29, 0.717) is 0 Å². The van der Waals surface area contributed by atoms with Crippen molar-refractivity contribution in [2.24, 2.45) is 0 Å². The van der Waals surface area contributed by atoms with Crippen LogP contribution in [0.15, 0.2) is 0 Å². The van der Waals surface area contributed by atoms with Crippen LogP contribution in [0.3, 0.4) is 0 Å². The zero-order valence-corrected chi connectivity index (χ0v) is 45.3. The van der Waals surface area contributed by atoms with E-state index in [1.165, 1.54) is 0 Å². The Kier molecular flexibility index (Phi) is 20.9. The van der Waals surface area contributed by atoms with Crippen LogP contribution in [-0.4, -0.2) is 6.15 Å². The topological polar surface area (TPSA) is 0 Å². The van der Waals surface area contributed by atoms with Gasteiger partial charge in [0, 0.05) is 44.5 Å². The summed E-state index contributed by atoms with van der Waals surface area (Å²) >= 11 is 0. The third kappa shape index (κ3) is 16.0. The molecule has 0 atom stereocenters. The van der Waals surface area contributed by atoms with Gasteiger partial charge in [-0.15, -0.1) is 0 Å². The summed E-state index contributed by atoms with van der Waals surface area (Å²) < 4.78 is 950. The summed E-state index contributed by atoms with van der Waals surface area (Å²) in [5, 5.41) is 0. The van der Waals surface area contributed by atoms with E-state index in [-0.39, 0.29) is 0 Å². The fourth-order valence-electron chi connectivity index (χ4n) is 11.4. The second-order valence-electron chi connectivity index (χ2n) is 20.0. The van der Waals surface area contributed by atoms with Gasteiger partial charge in [-0.1, -0.05) is 0 Å². The first kappa shape index (κ1) is 90.1. The minimum atomic E-state index is -14.0. The first-order valence-electron chi connectivity index (χ1n) is 23.5. The van der Waals surface area contributed by atoms with Gasteiger partial charge >= 0.3 is 124 Å². The summed E-state index contributed by atoms with van der Waals surface area (Å²) in [5.74, 6) is 0. The van der Waals surface area contributed by atoms with Gasteiger partial charge in [-0.05, 0) is 0 Å². The van der Waals surface area contributed by atoms with Gasteiger partial charge in [0.2, 0.25) is 0 Å². The maximum Gasteiger partial charge on any atom is 0.417 e. The molecule has 4 aromatic carbocycles. The van der Waals surface area contributed by atoms with Crippen molar-refractivity contribution >= 4 is 28.0 Å². The van der Waals surface area contributed by atoms with Crippen molar-refractivity contribution in [1.29, 1.82) is 0 Å². The minimum Gasteiger partial charge on any atom is -0.170 e. The van der Waals surface area contributed by atoms with Crippen molar-refractivity contribution in [3.05, 3.63) is 111 Å². The summed E-state index contributed by atoms with van der Waals surface area (Å²) in [6.07, 6.45) is -217. The van der Waals surface area contributed by atoms with E-state index < -0.39 is 263 Å². The average molecular weight is 1680 g/mol. The second kappa shape index (κ2) is 24.4. The zero-order valence-electron chi connectivity index (χ0n) is 45.3. The van der Waals surface area contributed by atoms with Gasteiger partial charge in [-0.3, -0.25) is 0 Å². The largest absolute Gasteiger partial charge is 0.417 e. The predicted molar refractivity (Wildman–Crippen MR) is 210 cm³/mol. The standard InChI is InChI=1S/C44BF60/c46-25(47,48)1-5(29(58,59)60)13(37(82,83)84)21(14(38(85,86)87)6(1)30(61,62)63)45(22-15(39(88,89)90)7(31(64,65)66)2(26(49,50)51)8(32(67,68)69)16(22)40(91,92)93,23-17(41(94,95)96)9(33(70,71)72)3(27(52,53)54)10(34(73,74)75)18(23)42(97,98)99)24-19(43(100,101)102)11(35(76,77)78)4(28(55,56)57)12(36(79,80)81)20(24)44(103,104)105/q-1. The molecule has 0 aliphatic heterocycles. The summed E-state index contributed by atoms with van der Waals surface area (Å²) in [6.45, 7) is 0. The second-order valence-corrected chi connectivity index (χ2v) is 20.0. The predicted octanol–water partition coefficient (Wildman–Crippen LogP) is 23.4. The van der Waals surface area contributed by atoms with E-state index >= 15 is 263 Å². The lowest BCUT2D eigenvalue weighted by Crippen LogP contribution is -2.83. The van der Waals surface area contributed by atoms with Crippen molar-refractivity contribution in [1.82, 2.24) is 0 Å². The van der Waals surface area contributed by atoms with Crippen LogP contribution in [-0.2, 0) is 124 Å². The molecule has 105 heavy (non-hydrogen) atoms. The van der Waals surface area contributed by atoms with Crippen molar-refractivity contribution in [3.63, 3.8) is 0 Å². The van der Waals surface area contributed by atoms with Crippen LogP contribution in [0, 0.1) is 0 Å². The van der Waals surface area contributed by atoms with Crippen LogP contribution >= 0.6 is 0 Å². The summed E-state index contributed by atoms with van der Waals surface area (Å²) in [6, 6.07) is 0. The van der Waals surface area contributed by atoms with Crippen LogP contribution < -0.4 is 21.9 Å². The number of rotatable bonds is 4. The van der Waals surface area contributed by atoms with E-state index in [1.54, 1.807) is 0 Å². The van der Waals surface area contributed by atoms with Crippen LogP contribution in [0.5, 0.6) is 0 Å². The van der Waals surface area contributed by atoms with Crippen molar-refractivity contribution in [2.45, 2.75) is 124 Å². The van der Waals surface area contributed by atoms with Crippen LogP contribution in [0.25, 0.3) is 0 Å². The SMILES string of the molecule is FC(F)(F)c1c([B-](c2c(C(F)(F)F)c(C(F)(F)F)c(C(F)(F)F)c(C(F)(F)F)c2C(F)(F)F)(c2c(C(F)(F)F)c(C(F)(F)F)c(C(F)(F)F)c(C(F)(F)F)c2C(F)(F)F)c2c(C(F)(F)F)c(C(F)(F)F)c(C(F)(F)F)c(C(F)(F)F)c2C(F)(F)F)c(C(F)(F)F)c(C(F)(F)F)c(C(F)(F)F)c1C(F)(F)F. The molecular formula is C44BF60-. The monoisotopic (exact) mass is 1680 g/mol.